The highest BCUT2D eigenvalue weighted by Gasteiger charge is 2.27. The van der Waals surface area contributed by atoms with E-state index in [2.05, 4.69) is 10.3 Å². The number of aryl methyl sites for hydroxylation is 1. The molecular formula is C17H19N3O3S. The van der Waals surface area contributed by atoms with Gasteiger partial charge in [-0.05, 0) is 49.6 Å². The van der Waals surface area contributed by atoms with Gasteiger partial charge in [-0.1, -0.05) is 6.07 Å². The topological polar surface area (TPSA) is 79.4 Å². The summed E-state index contributed by atoms with van der Waals surface area (Å²) in [6, 6.07) is 8.56. The van der Waals surface area contributed by atoms with Gasteiger partial charge in [-0.25, -0.2) is 8.42 Å². The number of benzene rings is 1. The van der Waals surface area contributed by atoms with Gasteiger partial charge in [0.15, 0.2) is 0 Å². The minimum absolute atomic E-state index is 0.167. The zero-order valence-electron chi connectivity index (χ0n) is 13.4. The van der Waals surface area contributed by atoms with Crippen LogP contribution in [0.1, 0.15) is 28.8 Å². The molecule has 126 valence electrons. The maximum absolute atomic E-state index is 12.3. The van der Waals surface area contributed by atoms with Gasteiger partial charge < -0.3 is 5.32 Å². The summed E-state index contributed by atoms with van der Waals surface area (Å²) in [5.41, 5.74) is 2.56. The van der Waals surface area contributed by atoms with Crippen molar-refractivity contribution in [3.8, 4) is 0 Å². The quantitative estimate of drug-likeness (QED) is 0.927. The number of nitrogens with zero attached hydrogens (tertiary/aromatic N) is 2. The molecule has 2 heterocycles. The van der Waals surface area contributed by atoms with E-state index in [-0.39, 0.29) is 11.7 Å². The van der Waals surface area contributed by atoms with Crippen LogP contribution in [0.2, 0.25) is 0 Å². The number of rotatable bonds is 3. The second kappa shape index (κ2) is 6.60. The minimum atomic E-state index is -3.28. The number of carbonyl (C=O) groups is 1. The van der Waals surface area contributed by atoms with E-state index in [0.29, 0.717) is 29.9 Å². The summed E-state index contributed by atoms with van der Waals surface area (Å²) in [6.07, 6.45) is 4.63. The van der Waals surface area contributed by atoms with Crippen LogP contribution in [0.3, 0.4) is 0 Å². The van der Waals surface area contributed by atoms with Crippen LogP contribution < -0.4 is 9.62 Å². The Kier molecular flexibility index (Phi) is 4.53. The van der Waals surface area contributed by atoms with Gasteiger partial charge in [0.1, 0.15) is 0 Å². The molecule has 24 heavy (non-hydrogen) atoms. The molecule has 6 nitrogen and oxygen atoms in total. The summed E-state index contributed by atoms with van der Waals surface area (Å²) < 4.78 is 26.1. The van der Waals surface area contributed by atoms with E-state index in [1.54, 1.807) is 36.7 Å². The molecule has 1 N–H and O–H groups in total. The van der Waals surface area contributed by atoms with Gasteiger partial charge in [-0.15, -0.1) is 0 Å². The van der Waals surface area contributed by atoms with Gasteiger partial charge in [-0.3, -0.25) is 14.1 Å². The molecule has 0 aliphatic carbocycles. The lowest BCUT2D eigenvalue weighted by Crippen LogP contribution is -2.38. The van der Waals surface area contributed by atoms with E-state index < -0.39 is 10.0 Å². The fourth-order valence-electron chi connectivity index (χ4n) is 2.72. The first-order valence-electron chi connectivity index (χ1n) is 7.80. The molecular weight excluding hydrogens is 326 g/mol. The molecule has 0 bridgehead atoms. The van der Waals surface area contributed by atoms with Crippen LogP contribution in [0.15, 0.2) is 42.7 Å². The number of nitrogens with one attached hydrogen (secondary N) is 1. The van der Waals surface area contributed by atoms with Gasteiger partial charge in [-0.2, -0.15) is 0 Å². The van der Waals surface area contributed by atoms with E-state index >= 15 is 0 Å². The molecule has 1 aromatic heterocycles. The third kappa shape index (κ3) is 3.41. The summed E-state index contributed by atoms with van der Waals surface area (Å²) in [7, 11) is -3.28. The Labute approximate surface area is 141 Å². The Morgan fingerprint density at radius 1 is 1.17 bits per heavy atom. The van der Waals surface area contributed by atoms with Crippen molar-refractivity contribution in [2.45, 2.75) is 19.8 Å². The average Bonchev–Trinajstić information content (AvgIpc) is 2.57. The molecule has 0 atom stereocenters. The lowest BCUT2D eigenvalue weighted by molar-refractivity contribution is 0.102. The fraction of sp³-hybridized carbons (Fsp3) is 0.294. The zero-order chi connectivity index (χ0) is 17.2. The predicted molar refractivity (Wildman–Crippen MR) is 93.7 cm³/mol. The molecule has 7 heteroatoms. The fourth-order valence-corrected chi connectivity index (χ4v) is 4.41. The van der Waals surface area contributed by atoms with Crippen molar-refractivity contribution >= 4 is 27.3 Å². The summed E-state index contributed by atoms with van der Waals surface area (Å²) in [5.74, 6) is -0.0891. The lowest BCUT2D eigenvalue weighted by Gasteiger charge is -2.29. The Hall–Kier alpha value is -2.41. The Morgan fingerprint density at radius 2 is 1.92 bits per heavy atom. The molecule has 1 aliphatic rings. The highest BCUT2D eigenvalue weighted by atomic mass is 32.2. The number of sulfonamides is 1. The normalized spacial score (nSPS) is 16.6. The summed E-state index contributed by atoms with van der Waals surface area (Å²) >= 11 is 0. The zero-order valence-corrected chi connectivity index (χ0v) is 14.2. The maximum atomic E-state index is 12.3. The molecule has 3 rings (SSSR count). The molecule has 1 aromatic carbocycles. The first kappa shape index (κ1) is 16.4. The second-order valence-corrected chi connectivity index (χ2v) is 7.80. The van der Waals surface area contributed by atoms with E-state index in [1.807, 2.05) is 13.0 Å². The van der Waals surface area contributed by atoms with Crippen molar-refractivity contribution in [2.24, 2.45) is 0 Å². The molecule has 0 saturated carbocycles. The van der Waals surface area contributed by atoms with Crippen LogP contribution >= 0.6 is 0 Å². The van der Waals surface area contributed by atoms with Crippen LogP contribution in [0.25, 0.3) is 0 Å². The molecule has 2 aromatic rings. The maximum Gasteiger partial charge on any atom is 0.255 e. The number of aromatic nitrogens is 1. The Bertz CT molecular complexity index is 851. The van der Waals surface area contributed by atoms with Gasteiger partial charge >= 0.3 is 0 Å². The molecule has 1 fully saturated rings. The van der Waals surface area contributed by atoms with Crippen molar-refractivity contribution < 1.29 is 13.2 Å². The summed E-state index contributed by atoms with van der Waals surface area (Å²) in [6.45, 7) is 2.35. The van der Waals surface area contributed by atoms with E-state index in [4.69, 9.17) is 0 Å². The Morgan fingerprint density at radius 3 is 2.62 bits per heavy atom. The third-order valence-electron chi connectivity index (χ3n) is 4.03. The van der Waals surface area contributed by atoms with Crippen LogP contribution in [0, 0.1) is 6.92 Å². The number of pyridine rings is 1. The van der Waals surface area contributed by atoms with E-state index in [9.17, 15) is 13.2 Å². The van der Waals surface area contributed by atoms with Crippen molar-refractivity contribution in [3.05, 3.63) is 53.9 Å². The van der Waals surface area contributed by atoms with Crippen molar-refractivity contribution in [3.63, 3.8) is 0 Å². The first-order chi connectivity index (χ1) is 11.5. The molecule has 0 radical (unpaired) electrons. The van der Waals surface area contributed by atoms with Gasteiger partial charge in [0.25, 0.3) is 5.91 Å². The summed E-state index contributed by atoms with van der Waals surface area (Å²) in [4.78, 5) is 16.1. The van der Waals surface area contributed by atoms with Crippen LogP contribution in [-0.2, 0) is 10.0 Å². The first-order valence-corrected chi connectivity index (χ1v) is 9.41. The lowest BCUT2D eigenvalue weighted by atomic mass is 10.1. The molecule has 0 unspecified atom stereocenters. The van der Waals surface area contributed by atoms with Crippen LogP contribution in [-0.4, -0.2) is 31.6 Å². The van der Waals surface area contributed by atoms with Gasteiger partial charge in [0.2, 0.25) is 10.0 Å². The molecule has 0 spiro atoms. The predicted octanol–water partition coefficient (Wildman–Crippen LogP) is 2.57. The van der Waals surface area contributed by atoms with Crippen molar-refractivity contribution in [2.75, 3.05) is 21.9 Å². The molecule has 1 saturated heterocycles. The monoisotopic (exact) mass is 345 g/mol. The Balaban J connectivity index is 1.88. The summed E-state index contributed by atoms with van der Waals surface area (Å²) in [5, 5.41) is 2.80. The van der Waals surface area contributed by atoms with Crippen LogP contribution in [0.4, 0.5) is 11.4 Å². The van der Waals surface area contributed by atoms with Crippen molar-refractivity contribution in [1.82, 2.24) is 4.98 Å². The van der Waals surface area contributed by atoms with Gasteiger partial charge in [0, 0.05) is 30.2 Å². The highest BCUT2D eigenvalue weighted by Crippen LogP contribution is 2.29. The smallest absolute Gasteiger partial charge is 0.255 e. The number of carbonyl (C=O) groups excluding carboxylic acids is 1. The number of anilines is 2. The van der Waals surface area contributed by atoms with E-state index in [1.165, 1.54) is 4.31 Å². The van der Waals surface area contributed by atoms with Crippen molar-refractivity contribution in [1.29, 1.82) is 0 Å². The largest absolute Gasteiger partial charge is 0.322 e. The standard InChI is InChI=1S/C17H19N3O3S/c1-13-4-5-15(19-17(21)14-6-8-18-9-7-14)12-16(13)20-10-2-3-11-24(20,22)23/h4-9,12H,2-3,10-11H2,1H3,(H,19,21). The number of hydrogen-bond donors (Lipinski definition) is 1. The van der Waals surface area contributed by atoms with E-state index in [0.717, 1.165) is 12.0 Å². The number of hydrogen-bond acceptors (Lipinski definition) is 4. The second-order valence-electron chi connectivity index (χ2n) is 5.79. The SMILES string of the molecule is Cc1ccc(NC(=O)c2ccncc2)cc1N1CCCCS1(=O)=O. The van der Waals surface area contributed by atoms with Crippen LogP contribution in [0.5, 0.6) is 0 Å². The minimum Gasteiger partial charge on any atom is -0.322 e. The van der Waals surface area contributed by atoms with Gasteiger partial charge in [0.05, 0.1) is 11.4 Å². The highest BCUT2D eigenvalue weighted by molar-refractivity contribution is 7.92. The molecule has 1 amide bonds. The molecule has 1 aliphatic heterocycles. The average molecular weight is 345 g/mol. The third-order valence-corrected chi connectivity index (χ3v) is 5.88. The number of amides is 1.